The molecule has 0 bridgehead atoms. The van der Waals surface area contributed by atoms with Gasteiger partial charge in [0.15, 0.2) is 0 Å². The Morgan fingerprint density at radius 1 is 1.25 bits per heavy atom. The van der Waals surface area contributed by atoms with Gasteiger partial charge < -0.3 is 14.5 Å². The number of nitrogens with one attached hydrogen (secondary N) is 1. The highest BCUT2D eigenvalue weighted by molar-refractivity contribution is 5.94. The van der Waals surface area contributed by atoms with Crippen molar-refractivity contribution in [3.63, 3.8) is 0 Å². The van der Waals surface area contributed by atoms with Gasteiger partial charge in [0.25, 0.3) is 11.5 Å². The van der Waals surface area contributed by atoms with Crippen molar-refractivity contribution < 1.29 is 4.79 Å². The van der Waals surface area contributed by atoms with Crippen molar-refractivity contribution in [2.45, 2.75) is 49.9 Å². The van der Waals surface area contributed by atoms with E-state index in [-0.39, 0.29) is 22.4 Å². The number of hydrogen-bond acceptors (Lipinski definition) is 4. The summed E-state index contributed by atoms with van der Waals surface area (Å²) in [6.45, 7) is 1.28. The maximum Gasteiger partial charge on any atom is 0.255 e. The lowest BCUT2D eigenvalue weighted by Gasteiger charge is -2.40. The summed E-state index contributed by atoms with van der Waals surface area (Å²) in [5.41, 5.74) is 1.91. The SMILES string of the molecule is Cn1cc(C(=O)N2CCCC3(CCc4c3nc(C3CC3)[nH]c4=O)C2)ccc1=O. The van der Waals surface area contributed by atoms with Gasteiger partial charge in [0.1, 0.15) is 5.82 Å². The molecule has 146 valence electrons. The number of nitrogens with zero attached hydrogens (tertiary/aromatic N) is 3. The van der Waals surface area contributed by atoms with Gasteiger partial charge in [-0.25, -0.2) is 4.98 Å². The third kappa shape index (κ3) is 2.72. The topological polar surface area (TPSA) is 88.1 Å². The number of aryl methyl sites for hydroxylation is 1. The maximum atomic E-state index is 13.1. The average molecular weight is 380 g/mol. The van der Waals surface area contributed by atoms with Crippen molar-refractivity contribution in [3.8, 4) is 0 Å². The molecule has 1 aliphatic heterocycles. The Morgan fingerprint density at radius 2 is 2.07 bits per heavy atom. The normalized spacial score (nSPS) is 23.8. The minimum Gasteiger partial charge on any atom is -0.338 e. The number of fused-ring (bicyclic) bond motifs is 2. The highest BCUT2D eigenvalue weighted by atomic mass is 16.2. The van der Waals surface area contributed by atoms with Crippen molar-refractivity contribution in [1.82, 2.24) is 19.4 Å². The summed E-state index contributed by atoms with van der Waals surface area (Å²) in [5, 5.41) is 0. The molecule has 3 heterocycles. The third-order valence-corrected chi connectivity index (χ3v) is 6.55. The number of H-pyrrole nitrogens is 1. The number of carbonyl (C=O) groups excluding carboxylic acids is 1. The molecule has 1 unspecified atom stereocenters. The van der Waals surface area contributed by atoms with Gasteiger partial charge in [-0.2, -0.15) is 0 Å². The predicted octanol–water partition coefficient (Wildman–Crippen LogP) is 1.47. The predicted molar refractivity (Wildman–Crippen MR) is 104 cm³/mol. The van der Waals surface area contributed by atoms with E-state index in [1.165, 1.54) is 10.6 Å². The lowest BCUT2D eigenvalue weighted by molar-refractivity contribution is 0.0632. The van der Waals surface area contributed by atoms with Gasteiger partial charge in [0.05, 0.1) is 11.3 Å². The Labute approximate surface area is 162 Å². The summed E-state index contributed by atoms with van der Waals surface area (Å²) in [6.07, 6.45) is 7.22. The van der Waals surface area contributed by atoms with Crippen LogP contribution in [0.5, 0.6) is 0 Å². The molecule has 2 aromatic rings. The second kappa shape index (κ2) is 6.15. The van der Waals surface area contributed by atoms with Crippen molar-refractivity contribution in [2.75, 3.05) is 13.1 Å². The van der Waals surface area contributed by atoms with Gasteiger partial charge in [-0.1, -0.05) is 0 Å². The molecule has 7 nitrogen and oxygen atoms in total. The summed E-state index contributed by atoms with van der Waals surface area (Å²) in [7, 11) is 1.65. The van der Waals surface area contributed by atoms with Crippen molar-refractivity contribution >= 4 is 5.91 Å². The van der Waals surface area contributed by atoms with E-state index in [0.717, 1.165) is 55.6 Å². The van der Waals surface area contributed by atoms with E-state index >= 15 is 0 Å². The van der Waals surface area contributed by atoms with Crippen LogP contribution in [-0.2, 0) is 18.9 Å². The summed E-state index contributed by atoms with van der Waals surface area (Å²) in [4.78, 5) is 47.1. The number of rotatable bonds is 2. The Hall–Kier alpha value is -2.70. The highest BCUT2D eigenvalue weighted by Gasteiger charge is 2.46. The smallest absolute Gasteiger partial charge is 0.255 e. The van der Waals surface area contributed by atoms with Crippen LogP contribution in [0.15, 0.2) is 27.9 Å². The minimum absolute atomic E-state index is 0.00489. The zero-order chi connectivity index (χ0) is 19.5. The fourth-order valence-electron chi connectivity index (χ4n) is 4.82. The van der Waals surface area contributed by atoms with E-state index in [1.807, 2.05) is 4.90 Å². The first-order valence-electron chi connectivity index (χ1n) is 10.1. The fraction of sp³-hybridized carbons (Fsp3) is 0.524. The van der Waals surface area contributed by atoms with Crippen LogP contribution in [0.3, 0.4) is 0 Å². The number of piperidine rings is 1. The Kier molecular flexibility index (Phi) is 3.82. The van der Waals surface area contributed by atoms with Gasteiger partial charge >= 0.3 is 0 Å². The van der Waals surface area contributed by atoms with Crippen LogP contribution in [0.2, 0.25) is 0 Å². The number of likely N-dealkylation sites (tertiary alicyclic amines) is 1. The molecule has 1 saturated heterocycles. The molecule has 1 saturated carbocycles. The summed E-state index contributed by atoms with van der Waals surface area (Å²) in [5.74, 6) is 1.16. The van der Waals surface area contributed by atoms with Crippen LogP contribution in [0.25, 0.3) is 0 Å². The first kappa shape index (κ1) is 17.4. The average Bonchev–Trinajstić information content (AvgIpc) is 3.48. The number of hydrogen-bond donors (Lipinski definition) is 1. The monoisotopic (exact) mass is 380 g/mol. The molecular weight excluding hydrogens is 356 g/mol. The van der Waals surface area contributed by atoms with Gasteiger partial charge in [-0.15, -0.1) is 0 Å². The number of carbonyl (C=O) groups is 1. The lowest BCUT2D eigenvalue weighted by Crippen LogP contribution is -2.48. The van der Waals surface area contributed by atoms with E-state index in [1.54, 1.807) is 19.3 Å². The van der Waals surface area contributed by atoms with E-state index < -0.39 is 0 Å². The van der Waals surface area contributed by atoms with Crippen LogP contribution in [0, 0.1) is 0 Å². The zero-order valence-electron chi connectivity index (χ0n) is 16.0. The standard InChI is InChI=1S/C21H24N4O3/c1-24-11-14(5-6-16(24)26)20(28)25-10-2-8-21(12-25)9-7-15-17(21)22-18(13-3-4-13)23-19(15)27/h5-6,11,13H,2-4,7-10,12H2,1H3,(H,22,23,27). The minimum atomic E-state index is -0.220. The van der Waals surface area contributed by atoms with Crippen LogP contribution in [0.1, 0.15) is 65.5 Å². The van der Waals surface area contributed by atoms with Gasteiger partial charge in [-0.05, 0) is 44.6 Å². The number of amides is 1. The molecule has 2 fully saturated rings. The van der Waals surface area contributed by atoms with Gasteiger partial charge in [0.2, 0.25) is 5.56 Å². The fourth-order valence-corrected chi connectivity index (χ4v) is 4.82. The van der Waals surface area contributed by atoms with Crippen LogP contribution < -0.4 is 11.1 Å². The zero-order valence-corrected chi connectivity index (χ0v) is 16.0. The van der Waals surface area contributed by atoms with Crippen molar-refractivity contribution in [2.24, 2.45) is 7.05 Å². The molecular formula is C21H24N4O3. The molecule has 1 amide bonds. The lowest BCUT2D eigenvalue weighted by atomic mass is 9.77. The van der Waals surface area contributed by atoms with Crippen molar-refractivity contribution in [3.05, 3.63) is 61.7 Å². The second-order valence-corrected chi connectivity index (χ2v) is 8.53. The van der Waals surface area contributed by atoms with E-state index in [2.05, 4.69) is 4.98 Å². The van der Waals surface area contributed by atoms with Crippen molar-refractivity contribution in [1.29, 1.82) is 0 Å². The second-order valence-electron chi connectivity index (χ2n) is 8.53. The molecule has 5 rings (SSSR count). The molecule has 1 N–H and O–H groups in total. The molecule has 2 aromatic heterocycles. The Morgan fingerprint density at radius 3 is 2.82 bits per heavy atom. The van der Waals surface area contributed by atoms with Gasteiger partial charge in [0, 0.05) is 49.3 Å². The number of aromatic nitrogens is 3. The number of pyridine rings is 1. The van der Waals surface area contributed by atoms with Gasteiger partial charge in [-0.3, -0.25) is 14.4 Å². The first-order chi connectivity index (χ1) is 13.5. The molecule has 3 aliphatic rings. The van der Waals surface area contributed by atoms with Crippen LogP contribution in [-0.4, -0.2) is 38.4 Å². The molecule has 2 aliphatic carbocycles. The first-order valence-corrected chi connectivity index (χ1v) is 10.1. The maximum absolute atomic E-state index is 13.1. The Bertz CT molecular complexity index is 1080. The Balaban J connectivity index is 1.48. The highest BCUT2D eigenvalue weighted by Crippen LogP contribution is 2.45. The van der Waals surface area contributed by atoms with Crippen LogP contribution in [0.4, 0.5) is 0 Å². The summed E-state index contributed by atoms with van der Waals surface area (Å²) < 4.78 is 1.43. The summed E-state index contributed by atoms with van der Waals surface area (Å²) >= 11 is 0. The molecule has 7 heteroatoms. The quantitative estimate of drug-likeness (QED) is 0.855. The molecule has 0 aromatic carbocycles. The largest absolute Gasteiger partial charge is 0.338 e. The summed E-state index contributed by atoms with van der Waals surface area (Å²) in [6, 6.07) is 3.03. The molecule has 28 heavy (non-hydrogen) atoms. The van der Waals surface area contributed by atoms with E-state index in [4.69, 9.17) is 4.98 Å². The number of aromatic amines is 1. The van der Waals surface area contributed by atoms with E-state index in [9.17, 15) is 14.4 Å². The molecule has 1 atom stereocenters. The third-order valence-electron chi connectivity index (χ3n) is 6.55. The molecule has 0 radical (unpaired) electrons. The van der Waals surface area contributed by atoms with E-state index in [0.29, 0.717) is 24.6 Å². The molecule has 1 spiro atoms. The van der Waals surface area contributed by atoms with Crippen LogP contribution >= 0.6 is 0 Å².